The van der Waals surface area contributed by atoms with Crippen molar-refractivity contribution in [1.82, 2.24) is 5.32 Å². The van der Waals surface area contributed by atoms with Crippen LogP contribution < -0.4 is 5.32 Å². The van der Waals surface area contributed by atoms with Crippen LogP contribution in [0.25, 0.3) is 0 Å². The van der Waals surface area contributed by atoms with E-state index < -0.39 is 11.5 Å². The molecule has 0 fully saturated rings. The van der Waals surface area contributed by atoms with Crippen molar-refractivity contribution in [3.05, 3.63) is 29.3 Å². The lowest BCUT2D eigenvalue weighted by atomic mass is 9.96. The summed E-state index contributed by atoms with van der Waals surface area (Å²) in [5.74, 6) is -0.808. The number of carboxylic acid groups (broad SMARTS) is 1. The van der Waals surface area contributed by atoms with Crippen LogP contribution in [0.2, 0.25) is 5.02 Å². The molecule has 0 aliphatic carbocycles. The molecular weight excluding hydrogens is 294 g/mol. The monoisotopic (exact) mass is 315 g/mol. The Kier molecular flexibility index (Phi) is 6.86. The summed E-state index contributed by atoms with van der Waals surface area (Å²) < 4.78 is 0. The van der Waals surface area contributed by atoms with Gasteiger partial charge in [-0.3, -0.25) is 4.79 Å². The number of rotatable bonds is 8. The summed E-state index contributed by atoms with van der Waals surface area (Å²) in [5.41, 5.74) is -0.899. The highest BCUT2D eigenvalue weighted by Gasteiger charge is 2.34. The van der Waals surface area contributed by atoms with E-state index in [0.29, 0.717) is 18.0 Å². The van der Waals surface area contributed by atoms with Crippen molar-refractivity contribution in [1.29, 1.82) is 0 Å². The molecule has 112 valence electrons. The summed E-state index contributed by atoms with van der Waals surface area (Å²) >= 11 is 7.75. The Morgan fingerprint density at radius 2 is 2.15 bits per heavy atom. The minimum Gasteiger partial charge on any atom is -0.480 e. The van der Waals surface area contributed by atoms with Crippen molar-refractivity contribution < 1.29 is 9.90 Å². The molecule has 0 amide bonds. The van der Waals surface area contributed by atoms with Crippen molar-refractivity contribution in [3.8, 4) is 0 Å². The number of carboxylic acids is 1. The van der Waals surface area contributed by atoms with Gasteiger partial charge in [-0.2, -0.15) is 0 Å². The van der Waals surface area contributed by atoms with Gasteiger partial charge in [-0.25, -0.2) is 0 Å². The number of halogens is 1. The van der Waals surface area contributed by atoms with E-state index in [2.05, 4.69) is 5.32 Å². The molecule has 2 N–H and O–H groups in total. The molecule has 0 aliphatic heterocycles. The smallest absolute Gasteiger partial charge is 0.323 e. The van der Waals surface area contributed by atoms with Gasteiger partial charge in [0.15, 0.2) is 0 Å². The Balaban J connectivity index is 2.69. The zero-order chi connectivity index (χ0) is 15.2. The van der Waals surface area contributed by atoms with Crippen LogP contribution >= 0.6 is 23.4 Å². The lowest BCUT2D eigenvalue weighted by Gasteiger charge is -2.29. The van der Waals surface area contributed by atoms with Gasteiger partial charge in [-0.1, -0.05) is 37.6 Å². The molecule has 2 unspecified atom stereocenters. The first-order valence-electron chi connectivity index (χ1n) is 6.78. The van der Waals surface area contributed by atoms with E-state index in [1.165, 1.54) is 0 Å². The van der Waals surface area contributed by atoms with Crippen LogP contribution in [-0.4, -0.2) is 28.4 Å². The standard InChI is InChI=1S/C15H22ClNO2S/c1-4-9-17-15(3,14(18)19)10-11(2)20-13-8-6-5-7-12(13)16/h5-8,11,17H,4,9-10H2,1-3H3,(H,18,19). The lowest BCUT2D eigenvalue weighted by molar-refractivity contribution is -0.144. The van der Waals surface area contributed by atoms with Crippen LogP contribution in [0, 0.1) is 0 Å². The first-order chi connectivity index (χ1) is 9.39. The van der Waals surface area contributed by atoms with E-state index >= 15 is 0 Å². The van der Waals surface area contributed by atoms with Crippen molar-refractivity contribution >= 4 is 29.3 Å². The van der Waals surface area contributed by atoms with Crippen LogP contribution in [0.3, 0.4) is 0 Å². The van der Waals surface area contributed by atoms with Crippen LogP contribution in [0.4, 0.5) is 0 Å². The number of carbonyl (C=O) groups is 1. The fourth-order valence-electron chi connectivity index (χ4n) is 2.01. The zero-order valence-electron chi connectivity index (χ0n) is 12.1. The van der Waals surface area contributed by atoms with Crippen molar-refractivity contribution in [2.24, 2.45) is 0 Å². The number of aliphatic carboxylic acids is 1. The van der Waals surface area contributed by atoms with Crippen molar-refractivity contribution in [2.75, 3.05) is 6.54 Å². The molecule has 0 aromatic heterocycles. The predicted octanol–water partition coefficient (Wildman–Crippen LogP) is 4.05. The molecule has 0 heterocycles. The van der Waals surface area contributed by atoms with Gasteiger partial charge in [0.2, 0.25) is 0 Å². The Morgan fingerprint density at radius 1 is 1.50 bits per heavy atom. The number of nitrogens with one attached hydrogen (secondary N) is 1. The molecule has 0 aliphatic rings. The fourth-order valence-corrected chi connectivity index (χ4v) is 3.47. The van der Waals surface area contributed by atoms with Gasteiger partial charge >= 0.3 is 5.97 Å². The van der Waals surface area contributed by atoms with Gasteiger partial charge in [0.1, 0.15) is 5.54 Å². The van der Waals surface area contributed by atoms with E-state index in [0.717, 1.165) is 11.3 Å². The fraction of sp³-hybridized carbons (Fsp3) is 0.533. The van der Waals surface area contributed by atoms with E-state index in [1.807, 2.05) is 38.1 Å². The van der Waals surface area contributed by atoms with Gasteiger partial charge in [-0.05, 0) is 38.4 Å². The molecule has 1 aromatic rings. The highest BCUT2D eigenvalue weighted by atomic mass is 35.5. The van der Waals surface area contributed by atoms with Crippen LogP contribution in [0.15, 0.2) is 29.2 Å². The quantitative estimate of drug-likeness (QED) is 0.710. The van der Waals surface area contributed by atoms with E-state index in [9.17, 15) is 9.90 Å². The molecule has 0 spiro atoms. The molecule has 0 saturated carbocycles. The van der Waals surface area contributed by atoms with E-state index in [1.54, 1.807) is 18.7 Å². The largest absolute Gasteiger partial charge is 0.480 e. The molecule has 3 nitrogen and oxygen atoms in total. The third-order valence-electron chi connectivity index (χ3n) is 3.10. The number of hydrogen-bond donors (Lipinski definition) is 2. The van der Waals surface area contributed by atoms with Gasteiger partial charge in [0.05, 0.1) is 5.02 Å². The maximum atomic E-state index is 11.5. The topological polar surface area (TPSA) is 49.3 Å². The van der Waals surface area contributed by atoms with Gasteiger partial charge in [0, 0.05) is 10.1 Å². The summed E-state index contributed by atoms with van der Waals surface area (Å²) in [4.78, 5) is 12.5. The third-order valence-corrected chi connectivity index (χ3v) is 4.72. The van der Waals surface area contributed by atoms with E-state index in [4.69, 9.17) is 11.6 Å². The molecule has 20 heavy (non-hydrogen) atoms. The second kappa shape index (κ2) is 7.91. The first-order valence-corrected chi connectivity index (χ1v) is 8.04. The Bertz CT molecular complexity index is 455. The normalized spacial score (nSPS) is 15.6. The highest BCUT2D eigenvalue weighted by molar-refractivity contribution is 8.00. The summed E-state index contributed by atoms with van der Waals surface area (Å²) in [5, 5.41) is 13.4. The summed E-state index contributed by atoms with van der Waals surface area (Å²) in [7, 11) is 0. The number of hydrogen-bond acceptors (Lipinski definition) is 3. The molecule has 1 aromatic carbocycles. The van der Waals surface area contributed by atoms with E-state index in [-0.39, 0.29) is 5.25 Å². The average molecular weight is 316 g/mol. The van der Waals surface area contributed by atoms with Crippen molar-refractivity contribution in [3.63, 3.8) is 0 Å². The second-order valence-electron chi connectivity index (χ2n) is 5.13. The maximum Gasteiger partial charge on any atom is 0.323 e. The Hall–Kier alpha value is -0.710. The molecule has 1 rings (SSSR count). The summed E-state index contributed by atoms with van der Waals surface area (Å²) in [6, 6.07) is 7.64. The van der Waals surface area contributed by atoms with Crippen molar-refractivity contribution in [2.45, 2.75) is 49.3 Å². The zero-order valence-corrected chi connectivity index (χ0v) is 13.7. The first kappa shape index (κ1) is 17.3. The Labute approximate surface area is 130 Å². The maximum absolute atomic E-state index is 11.5. The lowest BCUT2D eigenvalue weighted by Crippen LogP contribution is -2.51. The molecule has 2 atom stereocenters. The summed E-state index contributed by atoms with van der Waals surface area (Å²) in [6.45, 7) is 6.50. The number of benzene rings is 1. The van der Waals surface area contributed by atoms with Gasteiger partial charge in [0.25, 0.3) is 0 Å². The summed E-state index contributed by atoms with van der Waals surface area (Å²) in [6.07, 6.45) is 1.45. The highest BCUT2D eigenvalue weighted by Crippen LogP contribution is 2.33. The molecular formula is C15H22ClNO2S. The van der Waals surface area contributed by atoms with Crippen LogP contribution in [-0.2, 0) is 4.79 Å². The molecule has 5 heteroatoms. The van der Waals surface area contributed by atoms with Gasteiger partial charge in [-0.15, -0.1) is 11.8 Å². The average Bonchev–Trinajstić information content (AvgIpc) is 2.39. The predicted molar refractivity (Wildman–Crippen MR) is 85.7 cm³/mol. The third kappa shape index (κ3) is 5.00. The minimum absolute atomic E-state index is 0.153. The minimum atomic E-state index is -0.899. The Morgan fingerprint density at radius 3 is 2.70 bits per heavy atom. The van der Waals surface area contributed by atoms with Crippen LogP contribution in [0.5, 0.6) is 0 Å². The van der Waals surface area contributed by atoms with Crippen LogP contribution in [0.1, 0.15) is 33.6 Å². The molecule has 0 radical (unpaired) electrons. The SMILES string of the molecule is CCCNC(C)(CC(C)Sc1ccccc1Cl)C(=O)O. The van der Waals surface area contributed by atoms with Gasteiger partial charge < -0.3 is 10.4 Å². The second-order valence-corrected chi connectivity index (χ2v) is 7.01. The molecule has 0 bridgehead atoms. The number of thioether (sulfide) groups is 1. The molecule has 0 saturated heterocycles.